The van der Waals surface area contributed by atoms with Gasteiger partial charge in [-0.1, -0.05) is 12.8 Å². The number of aromatic amines is 1. The van der Waals surface area contributed by atoms with Crippen LogP contribution in [0.15, 0.2) is 4.79 Å². The molecule has 1 aromatic rings. The summed E-state index contributed by atoms with van der Waals surface area (Å²) in [6.45, 7) is 3.49. The monoisotopic (exact) mass is 332 g/mol. The van der Waals surface area contributed by atoms with Crippen molar-refractivity contribution < 1.29 is 5.11 Å². The maximum atomic E-state index is 12.6. The molecule has 1 aliphatic carbocycles. The van der Waals surface area contributed by atoms with Crippen LogP contribution in [0.4, 0.5) is 5.95 Å². The number of aliphatic hydroxyl groups is 1. The first-order valence-corrected chi connectivity index (χ1v) is 9.51. The molecular weight excluding hydrogens is 304 g/mol. The SMILES string of the molecule is O=c1[nH]c(N2CCCCC2)nc2c1CN(C1CCCCC1O)CC2. The summed E-state index contributed by atoms with van der Waals surface area (Å²) in [6.07, 6.45) is 8.39. The fraction of sp³-hybridized carbons (Fsp3) is 0.778. The van der Waals surface area contributed by atoms with Crippen LogP contribution >= 0.6 is 0 Å². The van der Waals surface area contributed by atoms with Crippen LogP contribution in [0.2, 0.25) is 0 Å². The summed E-state index contributed by atoms with van der Waals surface area (Å²) in [5, 5.41) is 10.3. The minimum absolute atomic E-state index is 0.00979. The predicted molar refractivity (Wildman–Crippen MR) is 93.3 cm³/mol. The Morgan fingerprint density at radius 1 is 1.04 bits per heavy atom. The summed E-state index contributed by atoms with van der Waals surface area (Å²) in [6, 6.07) is 0.202. The van der Waals surface area contributed by atoms with Gasteiger partial charge in [-0.3, -0.25) is 14.7 Å². The van der Waals surface area contributed by atoms with E-state index < -0.39 is 0 Å². The third kappa shape index (κ3) is 3.09. The molecule has 3 aliphatic rings. The molecule has 0 aromatic carbocycles. The van der Waals surface area contributed by atoms with E-state index in [1.807, 2.05) is 0 Å². The number of anilines is 1. The lowest BCUT2D eigenvalue weighted by molar-refractivity contribution is 0.0126. The molecule has 24 heavy (non-hydrogen) atoms. The van der Waals surface area contributed by atoms with Crippen molar-refractivity contribution >= 4 is 5.95 Å². The molecule has 0 bridgehead atoms. The lowest BCUT2D eigenvalue weighted by Crippen LogP contribution is -2.49. The average Bonchev–Trinajstić information content (AvgIpc) is 2.63. The minimum atomic E-state index is -0.250. The molecule has 0 radical (unpaired) electrons. The molecule has 1 saturated heterocycles. The summed E-state index contributed by atoms with van der Waals surface area (Å²) in [4.78, 5) is 24.9. The Balaban J connectivity index is 1.54. The van der Waals surface area contributed by atoms with Crippen LogP contribution in [0.5, 0.6) is 0 Å². The Kier molecular flexibility index (Phi) is 4.59. The fourth-order valence-corrected chi connectivity index (χ4v) is 4.49. The second-order valence-electron chi connectivity index (χ2n) is 7.50. The van der Waals surface area contributed by atoms with E-state index >= 15 is 0 Å². The molecular formula is C18H28N4O2. The van der Waals surface area contributed by atoms with E-state index in [-0.39, 0.29) is 17.7 Å². The molecule has 2 atom stereocenters. The highest BCUT2D eigenvalue weighted by Gasteiger charge is 2.32. The number of rotatable bonds is 2. The molecule has 2 unspecified atom stereocenters. The topological polar surface area (TPSA) is 72.5 Å². The normalized spacial score (nSPS) is 28.6. The maximum Gasteiger partial charge on any atom is 0.257 e. The Labute approximate surface area is 142 Å². The van der Waals surface area contributed by atoms with E-state index in [1.165, 1.54) is 25.7 Å². The number of hydrogen-bond acceptors (Lipinski definition) is 5. The molecule has 6 heteroatoms. The average molecular weight is 332 g/mol. The zero-order valence-electron chi connectivity index (χ0n) is 14.3. The van der Waals surface area contributed by atoms with E-state index in [9.17, 15) is 9.90 Å². The van der Waals surface area contributed by atoms with Crippen LogP contribution in [0.1, 0.15) is 56.2 Å². The molecule has 132 valence electrons. The smallest absolute Gasteiger partial charge is 0.257 e. The summed E-state index contributed by atoms with van der Waals surface area (Å²) in [7, 11) is 0. The van der Waals surface area contributed by atoms with Crippen LogP contribution in [-0.2, 0) is 13.0 Å². The van der Waals surface area contributed by atoms with Crippen LogP contribution < -0.4 is 10.5 Å². The van der Waals surface area contributed by atoms with Crippen molar-refractivity contribution in [2.75, 3.05) is 24.5 Å². The number of aromatic nitrogens is 2. The second-order valence-corrected chi connectivity index (χ2v) is 7.50. The van der Waals surface area contributed by atoms with E-state index in [0.717, 1.165) is 62.5 Å². The highest BCUT2D eigenvalue weighted by atomic mass is 16.3. The summed E-state index contributed by atoms with van der Waals surface area (Å²) >= 11 is 0. The Bertz CT molecular complexity index is 638. The van der Waals surface area contributed by atoms with Gasteiger partial charge in [0.05, 0.1) is 17.4 Å². The highest BCUT2D eigenvalue weighted by Crippen LogP contribution is 2.27. The van der Waals surface area contributed by atoms with Gasteiger partial charge in [-0.2, -0.15) is 0 Å². The van der Waals surface area contributed by atoms with Crippen LogP contribution in [-0.4, -0.2) is 51.8 Å². The van der Waals surface area contributed by atoms with E-state index in [4.69, 9.17) is 4.98 Å². The molecule has 0 spiro atoms. The van der Waals surface area contributed by atoms with Crippen LogP contribution in [0, 0.1) is 0 Å². The Hall–Kier alpha value is -1.40. The number of H-pyrrole nitrogens is 1. The molecule has 1 saturated carbocycles. The van der Waals surface area contributed by atoms with Crippen molar-refractivity contribution in [1.29, 1.82) is 0 Å². The van der Waals surface area contributed by atoms with Gasteiger partial charge in [0.2, 0.25) is 5.95 Å². The lowest BCUT2D eigenvalue weighted by Gasteiger charge is -2.39. The Morgan fingerprint density at radius 3 is 2.62 bits per heavy atom. The van der Waals surface area contributed by atoms with Crippen molar-refractivity contribution in [3.63, 3.8) is 0 Å². The number of hydrogen-bond donors (Lipinski definition) is 2. The van der Waals surface area contributed by atoms with Crippen molar-refractivity contribution in [3.05, 3.63) is 21.6 Å². The summed E-state index contributed by atoms with van der Waals surface area (Å²) in [5.74, 6) is 0.754. The van der Waals surface area contributed by atoms with E-state index in [2.05, 4.69) is 14.8 Å². The number of nitrogens with one attached hydrogen (secondary N) is 1. The van der Waals surface area contributed by atoms with Crippen molar-refractivity contribution in [2.45, 2.75) is 70.1 Å². The second kappa shape index (κ2) is 6.84. The third-order valence-electron chi connectivity index (χ3n) is 5.90. The number of piperidine rings is 1. The standard InChI is InChI=1S/C18H28N4O2/c23-16-7-3-2-6-15(16)22-11-8-14-13(12-22)17(24)20-18(19-14)21-9-4-1-5-10-21/h15-16,23H,1-12H2,(H,19,20,24). The van der Waals surface area contributed by atoms with Crippen molar-refractivity contribution in [1.82, 2.24) is 14.9 Å². The zero-order chi connectivity index (χ0) is 16.5. The van der Waals surface area contributed by atoms with Crippen LogP contribution in [0.25, 0.3) is 0 Å². The minimum Gasteiger partial charge on any atom is -0.391 e. The third-order valence-corrected chi connectivity index (χ3v) is 5.90. The first-order valence-electron chi connectivity index (χ1n) is 9.51. The number of nitrogens with zero attached hydrogens (tertiary/aromatic N) is 3. The van der Waals surface area contributed by atoms with Gasteiger partial charge < -0.3 is 10.0 Å². The predicted octanol–water partition coefficient (Wildman–Crippen LogP) is 1.42. The lowest BCUT2D eigenvalue weighted by atomic mass is 9.90. The molecule has 1 aromatic heterocycles. The maximum absolute atomic E-state index is 12.6. The van der Waals surface area contributed by atoms with Gasteiger partial charge in [0.1, 0.15) is 0 Å². The largest absolute Gasteiger partial charge is 0.391 e. The Morgan fingerprint density at radius 2 is 1.83 bits per heavy atom. The first-order chi connectivity index (χ1) is 11.7. The van der Waals surface area contributed by atoms with Crippen molar-refractivity contribution in [3.8, 4) is 0 Å². The van der Waals surface area contributed by atoms with Crippen LogP contribution in [0.3, 0.4) is 0 Å². The number of aliphatic hydroxyl groups excluding tert-OH is 1. The van der Waals surface area contributed by atoms with Gasteiger partial charge in [-0.05, 0) is 32.1 Å². The van der Waals surface area contributed by atoms with Gasteiger partial charge in [0.15, 0.2) is 0 Å². The van der Waals surface area contributed by atoms with Gasteiger partial charge in [-0.25, -0.2) is 4.98 Å². The fourth-order valence-electron chi connectivity index (χ4n) is 4.49. The molecule has 2 N–H and O–H groups in total. The first kappa shape index (κ1) is 16.1. The molecule has 2 aliphatic heterocycles. The van der Waals surface area contributed by atoms with Gasteiger partial charge in [0.25, 0.3) is 5.56 Å². The quantitative estimate of drug-likeness (QED) is 0.857. The molecule has 0 amide bonds. The molecule has 3 heterocycles. The van der Waals surface area contributed by atoms with Crippen molar-refractivity contribution in [2.24, 2.45) is 0 Å². The zero-order valence-corrected chi connectivity index (χ0v) is 14.3. The molecule has 4 rings (SSSR count). The van der Waals surface area contributed by atoms with E-state index in [0.29, 0.717) is 6.54 Å². The molecule has 6 nitrogen and oxygen atoms in total. The van der Waals surface area contributed by atoms with Gasteiger partial charge in [0, 0.05) is 38.6 Å². The van der Waals surface area contributed by atoms with E-state index in [1.54, 1.807) is 0 Å². The summed E-state index contributed by atoms with van der Waals surface area (Å²) in [5.41, 5.74) is 1.77. The van der Waals surface area contributed by atoms with Gasteiger partial charge >= 0.3 is 0 Å². The number of fused-ring (bicyclic) bond motifs is 1. The summed E-state index contributed by atoms with van der Waals surface area (Å²) < 4.78 is 0. The molecule has 2 fully saturated rings. The van der Waals surface area contributed by atoms with Gasteiger partial charge in [-0.15, -0.1) is 0 Å². The highest BCUT2D eigenvalue weighted by molar-refractivity contribution is 5.34.